The molecule has 256 valence electrons. The van der Waals surface area contributed by atoms with E-state index in [1.807, 2.05) is 53.1 Å². The van der Waals surface area contributed by atoms with Gasteiger partial charge in [0.1, 0.15) is 0 Å². The van der Waals surface area contributed by atoms with E-state index in [9.17, 15) is 4.79 Å². The van der Waals surface area contributed by atoms with Crippen molar-refractivity contribution >= 4 is 24.1 Å². The maximum absolute atomic E-state index is 10.6. The second-order valence-corrected chi connectivity index (χ2v) is 10.5. The maximum atomic E-state index is 10.6. The summed E-state index contributed by atoms with van der Waals surface area (Å²) in [6.45, 7) is 25.4. The molecule has 4 N–H and O–H groups in total. The molecule has 0 amide bonds. The molecule has 5 nitrogen and oxygen atoms in total. The Labute approximate surface area is 283 Å². The van der Waals surface area contributed by atoms with Gasteiger partial charge in [0, 0.05) is 53.9 Å². The minimum Gasteiger partial charge on any atom is -0.392 e. The van der Waals surface area contributed by atoms with Crippen LogP contribution in [-0.2, 0) is 4.79 Å². The Kier molecular flexibility index (Phi) is 32.9. The van der Waals surface area contributed by atoms with Gasteiger partial charge in [-0.15, -0.1) is 12.8 Å². The van der Waals surface area contributed by atoms with Gasteiger partial charge in [-0.25, -0.2) is 0 Å². The highest BCUT2D eigenvalue weighted by Crippen LogP contribution is 2.17. The molecule has 0 saturated carbocycles. The van der Waals surface area contributed by atoms with Gasteiger partial charge >= 0.3 is 0 Å². The van der Waals surface area contributed by atoms with Crippen LogP contribution < -0.4 is 21.2 Å². The molecule has 1 aromatic heterocycles. The molecule has 0 aliphatic heterocycles. The van der Waals surface area contributed by atoms with Crippen LogP contribution in [0.3, 0.4) is 0 Å². The number of aromatic nitrogens is 1. The van der Waals surface area contributed by atoms with Crippen molar-refractivity contribution in [1.82, 2.24) is 15.6 Å². The molecular weight excluding hydrogens is 564 g/mol. The maximum Gasteiger partial charge on any atom is 0.151 e. The second kappa shape index (κ2) is 32.5. The number of hydrogen-bond acceptors (Lipinski definition) is 4. The van der Waals surface area contributed by atoms with Gasteiger partial charge in [0.25, 0.3) is 0 Å². The summed E-state index contributed by atoms with van der Waals surface area (Å²) >= 11 is 0. The first-order valence-corrected chi connectivity index (χ1v) is 16.8. The van der Waals surface area contributed by atoms with E-state index in [4.69, 9.17) is 5.41 Å². The Hall–Kier alpha value is -3.88. The van der Waals surface area contributed by atoms with E-state index in [2.05, 4.69) is 99.7 Å². The zero-order valence-corrected chi connectivity index (χ0v) is 30.6. The number of nitrogens with one attached hydrogen (secondary N) is 4. The number of carbonyl (C=O) groups is 1. The zero-order chi connectivity index (χ0) is 35.8. The number of aldehydes is 1. The number of rotatable bonds is 19. The molecule has 0 fully saturated rings. The molecule has 0 aliphatic rings. The molecule has 1 heterocycles. The minimum atomic E-state index is 0.447. The molecular formula is C41H66N4O. The molecule has 0 aliphatic carbocycles. The van der Waals surface area contributed by atoms with Crippen LogP contribution in [0.4, 0.5) is 0 Å². The molecule has 0 radical (unpaired) electrons. The minimum absolute atomic E-state index is 0.447. The number of allylic oxidation sites excluding steroid dienone is 9. The quantitative estimate of drug-likeness (QED) is 0.0406. The van der Waals surface area contributed by atoms with Crippen molar-refractivity contribution in [3.05, 3.63) is 94.9 Å². The molecule has 1 rings (SSSR count). The predicted molar refractivity (Wildman–Crippen MR) is 207 cm³/mol. The average Bonchev–Trinajstić information content (AvgIpc) is 3.58. The van der Waals surface area contributed by atoms with Gasteiger partial charge in [-0.3, -0.25) is 4.79 Å². The summed E-state index contributed by atoms with van der Waals surface area (Å²) in [6.07, 6.45) is 34.1. The van der Waals surface area contributed by atoms with Gasteiger partial charge in [0.05, 0.1) is 0 Å². The normalized spacial score (nSPS) is 14.1. The van der Waals surface area contributed by atoms with E-state index in [1.165, 1.54) is 49.3 Å². The highest BCUT2D eigenvalue weighted by atomic mass is 16.1. The third-order valence-electron chi connectivity index (χ3n) is 7.46. The van der Waals surface area contributed by atoms with Crippen LogP contribution in [-0.4, -0.2) is 37.1 Å². The Bertz CT molecular complexity index is 1230. The summed E-state index contributed by atoms with van der Waals surface area (Å²) in [7, 11) is 1.93. The SMILES string of the molecule is C#C.C=CC(=C/C)/C(=C\C/C(C=C)=c1\cc[nH]\c1=C\C)/C=C(\C)NC.CC.CCCC(CCCC(C)CC)NC/C=C(\C=N)C=O. The van der Waals surface area contributed by atoms with Gasteiger partial charge < -0.3 is 21.0 Å². The van der Waals surface area contributed by atoms with Gasteiger partial charge in [-0.1, -0.05) is 110 Å². The molecule has 46 heavy (non-hydrogen) atoms. The van der Waals surface area contributed by atoms with Crippen LogP contribution in [0.2, 0.25) is 0 Å². The lowest BCUT2D eigenvalue weighted by Gasteiger charge is -2.18. The van der Waals surface area contributed by atoms with Crippen molar-refractivity contribution in [3.8, 4) is 12.8 Å². The van der Waals surface area contributed by atoms with Crippen LogP contribution >= 0.6 is 0 Å². The summed E-state index contributed by atoms with van der Waals surface area (Å²) in [6, 6.07) is 2.63. The van der Waals surface area contributed by atoms with E-state index in [-0.39, 0.29) is 0 Å². The number of carbonyl (C=O) groups excluding carboxylic acids is 1. The summed E-state index contributed by atoms with van der Waals surface area (Å²) < 4.78 is 0. The second-order valence-electron chi connectivity index (χ2n) is 10.5. The molecule has 1 aromatic rings. The smallest absolute Gasteiger partial charge is 0.151 e. The topological polar surface area (TPSA) is 80.8 Å². The Morgan fingerprint density at radius 1 is 1.07 bits per heavy atom. The van der Waals surface area contributed by atoms with Crippen molar-refractivity contribution in [3.63, 3.8) is 0 Å². The van der Waals surface area contributed by atoms with Crippen LogP contribution in [0.5, 0.6) is 0 Å². The fourth-order valence-electron chi connectivity index (χ4n) is 4.49. The van der Waals surface area contributed by atoms with Crippen molar-refractivity contribution < 1.29 is 4.79 Å². The summed E-state index contributed by atoms with van der Waals surface area (Å²) in [5.74, 6) is 0.821. The highest BCUT2D eigenvalue weighted by Gasteiger charge is 2.07. The molecule has 0 saturated heterocycles. The van der Waals surface area contributed by atoms with E-state index >= 15 is 0 Å². The van der Waals surface area contributed by atoms with Crippen LogP contribution in [0.1, 0.15) is 100 Å². The molecule has 2 unspecified atom stereocenters. The Morgan fingerprint density at radius 3 is 2.22 bits per heavy atom. The third-order valence-corrected chi connectivity index (χ3v) is 7.46. The lowest BCUT2D eigenvalue weighted by molar-refractivity contribution is -0.104. The van der Waals surface area contributed by atoms with E-state index in [0.717, 1.165) is 47.0 Å². The summed E-state index contributed by atoms with van der Waals surface area (Å²) in [4.78, 5) is 13.8. The predicted octanol–water partition coefficient (Wildman–Crippen LogP) is 8.74. The fraction of sp³-hybridized carbons (Fsp3) is 0.463. The first-order chi connectivity index (χ1) is 22.3. The Balaban J connectivity index is -0.000000736. The van der Waals surface area contributed by atoms with E-state index < -0.39 is 0 Å². The molecule has 0 spiro atoms. The van der Waals surface area contributed by atoms with Gasteiger partial charge in [-0.05, 0) is 74.8 Å². The van der Waals surface area contributed by atoms with E-state index in [0.29, 0.717) is 18.2 Å². The van der Waals surface area contributed by atoms with Gasteiger partial charge in [-0.2, -0.15) is 0 Å². The molecule has 5 heteroatoms. The molecule has 0 bridgehead atoms. The van der Waals surface area contributed by atoms with Crippen LogP contribution in [0.15, 0.2) is 84.3 Å². The summed E-state index contributed by atoms with van der Waals surface area (Å²) in [5, 5.41) is 16.0. The Morgan fingerprint density at radius 2 is 1.74 bits per heavy atom. The number of terminal acetylenes is 1. The van der Waals surface area contributed by atoms with E-state index in [1.54, 1.807) is 6.08 Å². The van der Waals surface area contributed by atoms with Crippen LogP contribution in [0.25, 0.3) is 11.6 Å². The number of H-pyrrole nitrogens is 1. The van der Waals surface area contributed by atoms with Crippen molar-refractivity contribution in [2.45, 2.75) is 106 Å². The zero-order valence-electron chi connectivity index (χ0n) is 30.6. The van der Waals surface area contributed by atoms with Crippen molar-refractivity contribution in [2.75, 3.05) is 13.6 Å². The highest BCUT2D eigenvalue weighted by molar-refractivity contribution is 6.00. The molecule has 0 aromatic carbocycles. The summed E-state index contributed by atoms with van der Waals surface area (Å²) in [5.41, 5.74) is 5.04. The standard InChI is InChI=1S/C21H28N2.C16H30N2O.C2H6.C2H2/c1-7-17(8-2)19(15-16(5)22-6)12-11-18(9-3)20-13-14-23-21(20)10-4;1-4-7-16(9-6-8-14(3)5-2)18-11-10-15(12-17)13-19;2*1-2/h7-10,12-15,22-23H,1,3,11H2,2,4-6H3;10,12-14,16-18H,4-9,11H2,1-3H3;1-2H3;1-2H/b16-15+,17-8-,19-12-,20-18+,21-10+;15-10+,17-12?;;. The number of aromatic amines is 1. The largest absolute Gasteiger partial charge is 0.392 e. The number of hydrogen-bond donors (Lipinski definition) is 4. The first kappa shape index (κ1) is 46.5. The van der Waals surface area contributed by atoms with Gasteiger partial charge in [0.15, 0.2) is 6.29 Å². The lowest BCUT2D eigenvalue weighted by Crippen LogP contribution is -2.29. The van der Waals surface area contributed by atoms with Crippen LogP contribution in [0, 0.1) is 24.2 Å². The van der Waals surface area contributed by atoms with Crippen molar-refractivity contribution in [1.29, 1.82) is 5.41 Å². The van der Waals surface area contributed by atoms with Crippen molar-refractivity contribution in [2.24, 2.45) is 5.92 Å². The van der Waals surface area contributed by atoms with Gasteiger partial charge in [0.2, 0.25) is 0 Å². The average molecular weight is 631 g/mol. The lowest BCUT2D eigenvalue weighted by atomic mass is 9.98. The third kappa shape index (κ3) is 21.0. The molecule has 2 atom stereocenters. The monoisotopic (exact) mass is 631 g/mol. The first-order valence-electron chi connectivity index (χ1n) is 16.8. The fourth-order valence-corrected chi connectivity index (χ4v) is 4.49.